The molecule has 2 N–H and O–H groups in total. The first-order valence-corrected chi connectivity index (χ1v) is 12.4. The molecule has 2 aliphatic heterocycles. The summed E-state index contributed by atoms with van der Waals surface area (Å²) in [5.41, 5.74) is 1.45. The zero-order valence-corrected chi connectivity index (χ0v) is 21.2. The number of nitrogens with one attached hydrogen (secondary N) is 2. The van der Waals surface area contributed by atoms with Gasteiger partial charge in [0, 0.05) is 44.0 Å². The Bertz CT molecular complexity index is 1300. The number of anilines is 2. The van der Waals surface area contributed by atoms with E-state index in [1.54, 1.807) is 43.7 Å². The minimum atomic E-state index is -0.501. The average molecular weight is 529 g/mol. The third-order valence-electron chi connectivity index (χ3n) is 6.11. The lowest BCUT2D eigenvalue weighted by Gasteiger charge is -2.26. The lowest BCUT2D eigenvalue weighted by molar-refractivity contribution is 0.0322. The first-order chi connectivity index (χ1) is 17.5. The fraction of sp³-hybridized carbons (Fsp3) is 0.320. The topological polar surface area (TPSA) is 93.0 Å². The van der Waals surface area contributed by atoms with Crippen LogP contribution in [0.1, 0.15) is 5.56 Å². The summed E-state index contributed by atoms with van der Waals surface area (Å²) in [4.78, 5) is 24.4. The van der Waals surface area contributed by atoms with Crippen LogP contribution in [0.15, 0.2) is 52.4 Å². The summed E-state index contributed by atoms with van der Waals surface area (Å²) in [5, 5.41) is 7.29. The molecule has 11 heteroatoms. The Kier molecular flexibility index (Phi) is 7.43. The van der Waals surface area contributed by atoms with Crippen LogP contribution in [-0.2, 0) is 11.8 Å². The largest absolute Gasteiger partial charge is 0.491 e. The summed E-state index contributed by atoms with van der Waals surface area (Å²) in [6, 6.07) is 10.6. The Labute approximate surface area is 218 Å². The van der Waals surface area contributed by atoms with Crippen molar-refractivity contribution >= 4 is 41.1 Å². The van der Waals surface area contributed by atoms with Gasteiger partial charge >= 0.3 is 0 Å². The molecule has 1 atom stereocenters. The van der Waals surface area contributed by atoms with E-state index in [0.29, 0.717) is 45.2 Å². The van der Waals surface area contributed by atoms with Gasteiger partial charge in [0.15, 0.2) is 6.29 Å². The van der Waals surface area contributed by atoms with Crippen LogP contribution in [0.2, 0.25) is 10.0 Å². The van der Waals surface area contributed by atoms with Crippen molar-refractivity contribution in [3.63, 3.8) is 0 Å². The van der Waals surface area contributed by atoms with Crippen molar-refractivity contribution in [2.45, 2.75) is 6.29 Å². The summed E-state index contributed by atoms with van der Waals surface area (Å²) in [5.74, 6) is 1.95. The molecular weight excluding hydrogens is 503 g/mol. The van der Waals surface area contributed by atoms with Gasteiger partial charge in [-0.1, -0.05) is 29.3 Å². The fourth-order valence-electron chi connectivity index (χ4n) is 4.18. The summed E-state index contributed by atoms with van der Waals surface area (Å²) in [7, 11) is 1.69. The highest BCUT2D eigenvalue weighted by Crippen LogP contribution is 2.34. The molecular formula is C25H26Cl2N6O3. The van der Waals surface area contributed by atoms with Crippen LogP contribution in [0, 0.1) is 0 Å². The van der Waals surface area contributed by atoms with Gasteiger partial charge < -0.3 is 20.1 Å². The number of ether oxygens (including phenoxy) is 2. The average Bonchev–Trinajstić information content (AvgIpc) is 2.89. The number of hydrogen-bond donors (Lipinski definition) is 2. The molecule has 0 radical (unpaired) electrons. The molecule has 5 rings (SSSR count). The smallest absolute Gasteiger partial charge is 0.259 e. The van der Waals surface area contributed by atoms with E-state index in [0.717, 1.165) is 38.4 Å². The van der Waals surface area contributed by atoms with Crippen LogP contribution >= 0.6 is 23.2 Å². The number of morpholine rings is 1. The van der Waals surface area contributed by atoms with Crippen molar-refractivity contribution in [2.24, 2.45) is 12.0 Å². The van der Waals surface area contributed by atoms with Crippen LogP contribution < -0.4 is 20.9 Å². The minimum Gasteiger partial charge on any atom is -0.491 e. The number of aliphatic imine (C=N–C) groups is 1. The number of aromatic nitrogens is 2. The second-order valence-corrected chi connectivity index (χ2v) is 9.29. The van der Waals surface area contributed by atoms with Crippen molar-refractivity contribution in [1.82, 2.24) is 14.5 Å². The molecule has 4 heterocycles. The molecule has 3 aromatic rings. The first-order valence-electron chi connectivity index (χ1n) is 11.6. The van der Waals surface area contributed by atoms with E-state index in [2.05, 4.69) is 25.5 Å². The summed E-state index contributed by atoms with van der Waals surface area (Å²) in [6.07, 6.45) is 2.89. The van der Waals surface area contributed by atoms with Crippen molar-refractivity contribution in [3.8, 4) is 16.9 Å². The van der Waals surface area contributed by atoms with E-state index in [-0.39, 0.29) is 5.56 Å². The van der Waals surface area contributed by atoms with E-state index < -0.39 is 6.29 Å². The molecule has 1 aromatic carbocycles. The normalized spacial score (nSPS) is 17.4. The predicted octanol–water partition coefficient (Wildman–Crippen LogP) is 3.71. The summed E-state index contributed by atoms with van der Waals surface area (Å²) < 4.78 is 12.7. The molecule has 188 valence electrons. The van der Waals surface area contributed by atoms with Crippen molar-refractivity contribution in [3.05, 3.63) is 68.6 Å². The number of rotatable bonds is 7. The van der Waals surface area contributed by atoms with Crippen LogP contribution in [0.4, 0.5) is 11.6 Å². The Morgan fingerprint density at radius 3 is 2.69 bits per heavy atom. The SMILES string of the molecule is Cn1c2c(cc(-c3c(Cl)cccc3Cl)c1=O)C=NC(Nc1ccc(OCCN3CCOCC3)cn1)N2. The van der Waals surface area contributed by atoms with Gasteiger partial charge in [-0.05, 0) is 30.3 Å². The third kappa shape index (κ3) is 5.34. The van der Waals surface area contributed by atoms with Gasteiger partial charge in [0.25, 0.3) is 5.56 Å². The lowest BCUT2D eigenvalue weighted by Crippen LogP contribution is -2.38. The number of benzene rings is 1. The Morgan fingerprint density at radius 2 is 1.97 bits per heavy atom. The highest BCUT2D eigenvalue weighted by atomic mass is 35.5. The monoisotopic (exact) mass is 528 g/mol. The molecule has 1 unspecified atom stereocenters. The van der Waals surface area contributed by atoms with Gasteiger partial charge in [-0.15, -0.1) is 0 Å². The molecule has 2 aromatic heterocycles. The van der Waals surface area contributed by atoms with Gasteiger partial charge in [0.05, 0.1) is 35.0 Å². The second-order valence-electron chi connectivity index (χ2n) is 8.47. The van der Waals surface area contributed by atoms with E-state index in [9.17, 15) is 4.79 Å². The molecule has 36 heavy (non-hydrogen) atoms. The second kappa shape index (κ2) is 10.9. The van der Waals surface area contributed by atoms with E-state index in [1.807, 2.05) is 12.1 Å². The number of pyridine rings is 2. The number of hydrogen-bond acceptors (Lipinski definition) is 8. The molecule has 0 bridgehead atoms. The summed E-state index contributed by atoms with van der Waals surface area (Å²) >= 11 is 12.7. The maximum atomic E-state index is 13.1. The van der Waals surface area contributed by atoms with Crippen LogP contribution in [0.25, 0.3) is 11.1 Å². The van der Waals surface area contributed by atoms with Gasteiger partial charge in [0.2, 0.25) is 0 Å². The molecule has 2 aliphatic rings. The highest BCUT2D eigenvalue weighted by Gasteiger charge is 2.21. The van der Waals surface area contributed by atoms with Crippen LogP contribution in [-0.4, -0.2) is 66.4 Å². The van der Waals surface area contributed by atoms with E-state index in [4.69, 9.17) is 32.7 Å². The Morgan fingerprint density at radius 1 is 1.19 bits per heavy atom. The van der Waals surface area contributed by atoms with Crippen LogP contribution in [0.5, 0.6) is 5.75 Å². The van der Waals surface area contributed by atoms with Gasteiger partial charge in [0.1, 0.15) is 24.0 Å². The van der Waals surface area contributed by atoms with E-state index >= 15 is 0 Å². The maximum absolute atomic E-state index is 13.1. The zero-order chi connectivity index (χ0) is 25.1. The molecule has 0 aliphatic carbocycles. The minimum absolute atomic E-state index is 0.220. The van der Waals surface area contributed by atoms with Crippen molar-refractivity contribution in [1.29, 1.82) is 0 Å². The van der Waals surface area contributed by atoms with Gasteiger partial charge in [-0.25, -0.2) is 9.98 Å². The van der Waals surface area contributed by atoms with Gasteiger partial charge in [-0.2, -0.15) is 0 Å². The van der Waals surface area contributed by atoms with Crippen molar-refractivity contribution in [2.75, 3.05) is 50.1 Å². The fourth-order valence-corrected chi connectivity index (χ4v) is 4.78. The Hall–Kier alpha value is -3.11. The molecule has 0 amide bonds. The summed E-state index contributed by atoms with van der Waals surface area (Å²) in [6.45, 7) is 4.86. The molecule has 1 fully saturated rings. The van der Waals surface area contributed by atoms with Crippen LogP contribution in [0.3, 0.4) is 0 Å². The lowest BCUT2D eigenvalue weighted by atomic mass is 10.0. The number of halogens is 2. The maximum Gasteiger partial charge on any atom is 0.259 e. The zero-order valence-electron chi connectivity index (χ0n) is 19.7. The quantitative estimate of drug-likeness (QED) is 0.482. The first kappa shape index (κ1) is 24.6. The van der Waals surface area contributed by atoms with E-state index in [1.165, 1.54) is 4.57 Å². The standard InChI is InChI=1S/C25H26Cl2N6O3/c1-32-23-16(13-18(24(32)34)22-19(26)3-2-4-20(22)27)14-29-25(31-23)30-21-6-5-17(15-28-21)36-12-9-33-7-10-35-11-8-33/h2-6,13-15,25,31H,7-12H2,1H3,(H,28,30). The van der Waals surface area contributed by atoms with Crippen molar-refractivity contribution < 1.29 is 9.47 Å². The Balaban J connectivity index is 1.24. The highest BCUT2D eigenvalue weighted by molar-refractivity contribution is 6.39. The molecule has 9 nitrogen and oxygen atoms in total. The number of nitrogens with zero attached hydrogens (tertiary/aromatic N) is 4. The predicted molar refractivity (Wildman–Crippen MR) is 143 cm³/mol. The molecule has 1 saturated heterocycles. The number of fused-ring (bicyclic) bond motifs is 1. The molecule has 0 saturated carbocycles. The third-order valence-corrected chi connectivity index (χ3v) is 6.74. The molecule has 0 spiro atoms. The van der Waals surface area contributed by atoms with Gasteiger partial charge in [-0.3, -0.25) is 14.3 Å².